The molecule has 0 heterocycles. The van der Waals surface area contributed by atoms with Crippen molar-refractivity contribution in [2.45, 2.75) is 72.5 Å². The summed E-state index contributed by atoms with van der Waals surface area (Å²) in [5, 5.41) is 10.2. The van der Waals surface area contributed by atoms with E-state index in [1.54, 1.807) is 13.8 Å². The Morgan fingerprint density at radius 1 is 1.12 bits per heavy atom. The Morgan fingerprint density at radius 3 is 2.12 bits per heavy atom. The molecule has 7 nitrogen and oxygen atoms in total. The van der Waals surface area contributed by atoms with Crippen LogP contribution in [-0.4, -0.2) is 36.0 Å². The van der Waals surface area contributed by atoms with E-state index in [1.807, 2.05) is 6.92 Å². The molecular weight excluding hydrogens is 314 g/mol. The molecule has 0 aromatic carbocycles. The lowest BCUT2D eigenvalue weighted by molar-refractivity contribution is -0.171. The van der Waals surface area contributed by atoms with Crippen LogP contribution < -0.4 is 5.32 Å². The second kappa shape index (κ2) is 12.6. The van der Waals surface area contributed by atoms with Crippen molar-refractivity contribution >= 4 is 18.0 Å². The predicted octanol–water partition coefficient (Wildman–Crippen LogP) is 3.32. The SMILES string of the molecule is CC(=O)O.CCC(OC(=O)NCC1CCCCC1)OC(=O)C(C)C. The van der Waals surface area contributed by atoms with Gasteiger partial charge in [0.2, 0.25) is 6.29 Å². The highest BCUT2D eigenvalue weighted by atomic mass is 16.7. The largest absolute Gasteiger partial charge is 0.481 e. The Bertz CT molecular complexity index is 387. The molecule has 2 N–H and O–H groups in total. The number of esters is 1. The maximum absolute atomic E-state index is 11.7. The minimum Gasteiger partial charge on any atom is -0.481 e. The van der Waals surface area contributed by atoms with E-state index in [1.165, 1.54) is 32.1 Å². The molecule has 0 aromatic heterocycles. The normalized spacial score (nSPS) is 15.7. The second-order valence-electron chi connectivity index (χ2n) is 6.24. The Morgan fingerprint density at radius 2 is 1.67 bits per heavy atom. The summed E-state index contributed by atoms with van der Waals surface area (Å²) >= 11 is 0. The van der Waals surface area contributed by atoms with Gasteiger partial charge in [-0.3, -0.25) is 9.59 Å². The van der Waals surface area contributed by atoms with Gasteiger partial charge in [0.15, 0.2) is 0 Å². The van der Waals surface area contributed by atoms with Gasteiger partial charge in [0.05, 0.1) is 5.92 Å². The van der Waals surface area contributed by atoms with Crippen molar-refractivity contribution in [1.29, 1.82) is 0 Å². The van der Waals surface area contributed by atoms with Gasteiger partial charge in [-0.25, -0.2) is 4.79 Å². The van der Waals surface area contributed by atoms with Gasteiger partial charge in [0, 0.05) is 19.9 Å². The van der Waals surface area contributed by atoms with Gasteiger partial charge in [-0.2, -0.15) is 0 Å². The average Bonchev–Trinajstić information content (AvgIpc) is 2.52. The summed E-state index contributed by atoms with van der Waals surface area (Å²) in [6.45, 7) is 7.04. The van der Waals surface area contributed by atoms with Crippen molar-refractivity contribution in [2.24, 2.45) is 11.8 Å². The van der Waals surface area contributed by atoms with Crippen molar-refractivity contribution in [2.75, 3.05) is 6.54 Å². The van der Waals surface area contributed by atoms with Gasteiger partial charge in [-0.15, -0.1) is 0 Å². The van der Waals surface area contributed by atoms with Crippen LogP contribution in [-0.2, 0) is 19.1 Å². The fourth-order valence-corrected chi connectivity index (χ4v) is 2.24. The van der Waals surface area contributed by atoms with Crippen LogP contribution in [0, 0.1) is 11.8 Å². The quantitative estimate of drug-likeness (QED) is 0.565. The number of nitrogens with one attached hydrogen (secondary N) is 1. The highest BCUT2D eigenvalue weighted by Crippen LogP contribution is 2.22. The maximum atomic E-state index is 11.7. The van der Waals surface area contributed by atoms with Crippen LogP contribution in [0.15, 0.2) is 0 Å². The third kappa shape index (κ3) is 11.7. The number of rotatable bonds is 6. The number of carbonyl (C=O) groups excluding carboxylic acids is 2. The molecule has 140 valence electrons. The molecule has 1 aliphatic carbocycles. The van der Waals surface area contributed by atoms with Crippen molar-refractivity contribution in [1.82, 2.24) is 5.32 Å². The van der Waals surface area contributed by atoms with E-state index < -0.39 is 18.4 Å². The summed E-state index contributed by atoms with van der Waals surface area (Å²) in [4.78, 5) is 32.1. The van der Waals surface area contributed by atoms with Gasteiger partial charge >= 0.3 is 12.1 Å². The molecule has 0 aliphatic heterocycles. The van der Waals surface area contributed by atoms with Crippen molar-refractivity contribution in [3.63, 3.8) is 0 Å². The fourth-order valence-electron chi connectivity index (χ4n) is 2.24. The molecule has 0 spiro atoms. The van der Waals surface area contributed by atoms with Gasteiger partial charge in [0.1, 0.15) is 0 Å². The van der Waals surface area contributed by atoms with Gasteiger partial charge < -0.3 is 19.9 Å². The first-order valence-corrected chi connectivity index (χ1v) is 8.60. The van der Waals surface area contributed by atoms with E-state index in [0.717, 1.165) is 6.92 Å². The number of carboxylic acid groups (broad SMARTS) is 1. The molecule has 1 rings (SSSR count). The summed E-state index contributed by atoms with van der Waals surface area (Å²) in [7, 11) is 0. The first kappa shape index (κ1) is 22.2. The highest BCUT2D eigenvalue weighted by Gasteiger charge is 2.20. The zero-order chi connectivity index (χ0) is 18.5. The number of carboxylic acids is 1. The molecule has 1 aliphatic rings. The first-order valence-electron chi connectivity index (χ1n) is 8.60. The highest BCUT2D eigenvalue weighted by molar-refractivity contribution is 5.72. The predicted molar refractivity (Wildman–Crippen MR) is 89.4 cm³/mol. The Labute approximate surface area is 144 Å². The monoisotopic (exact) mass is 345 g/mol. The van der Waals surface area contributed by atoms with Gasteiger partial charge in [-0.05, 0) is 18.8 Å². The topological polar surface area (TPSA) is 102 Å². The standard InChI is InChI=1S/C15H27NO4.C2H4O2/c1-4-13(19-14(17)11(2)3)20-15(18)16-10-12-8-6-5-7-9-12;1-2(3)4/h11-13H,4-10H2,1-3H3,(H,16,18);1H3,(H,3,4). The summed E-state index contributed by atoms with van der Waals surface area (Å²) in [5.74, 6) is -0.857. The average molecular weight is 345 g/mol. The summed E-state index contributed by atoms with van der Waals surface area (Å²) in [6, 6.07) is 0. The maximum Gasteiger partial charge on any atom is 0.410 e. The van der Waals surface area contributed by atoms with E-state index in [-0.39, 0.29) is 11.9 Å². The summed E-state index contributed by atoms with van der Waals surface area (Å²) < 4.78 is 10.2. The van der Waals surface area contributed by atoms with E-state index >= 15 is 0 Å². The lowest BCUT2D eigenvalue weighted by Crippen LogP contribution is -2.35. The molecule has 0 aromatic rings. The zero-order valence-electron chi connectivity index (χ0n) is 15.2. The molecule has 1 amide bonds. The van der Waals surface area contributed by atoms with Crippen LogP contribution in [0.25, 0.3) is 0 Å². The lowest BCUT2D eigenvalue weighted by Gasteiger charge is -2.22. The van der Waals surface area contributed by atoms with Crippen LogP contribution in [0.4, 0.5) is 4.79 Å². The van der Waals surface area contributed by atoms with E-state index in [4.69, 9.17) is 19.4 Å². The Balaban J connectivity index is 0.00000118. The van der Waals surface area contributed by atoms with Crippen LogP contribution in [0.3, 0.4) is 0 Å². The molecule has 1 unspecified atom stereocenters. The fraction of sp³-hybridized carbons (Fsp3) is 0.824. The molecule has 24 heavy (non-hydrogen) atoms. The van der Waals surface area contributed by atoms with Gasteiger partial charge in [0.25, 0.3) is 5.97 Å². The number of aliphatic carboxylic acids is 1. The first-order chi connectivity index (χ1) is 11.3. The number of ether oxygens (including phenoxy) is 2. The molecule has 0 radical (unpaired) electrons. The third-order valence-corrected chi connectivity index (χ3v) is 3.55. The lowest BCUT2D eigenvalue weighted by atomic mass is 9.89. The molecular formula is C17H31NO6. The van der Waals surface area contributed by atoms with Gasteiger partial charge in [-0.1, -0.05) is 40.0 Å². The van der Waals surface area contributed by atoms with E-state index in [9.17, 15) is 9.59 Å². The number of hydrogen-bond acceptors (Lipinski definition) is 5. The minimum atomic E-state index is -0.833. The molecule has 1 saturated carbocycles. The molecule has 7 heteroatoms. The molecule has 0 saturated heterocycles. The molecule has 1 fully saturated rings. The van der Waals surface area contributed by atoms with Crippen molar-refractivity contribution in [3.8, 4) is 0 Å². The Kier molecular flexibility index (Phi) is 11.7. The van der Waals surface area contributed by atoms with Crippen LogP contribution >= 0.6 is 0 Å². The number of carbonyl (C=O) groups is 3. The van der Waals surface area contributed by atoms with Crippen LogP contribution in [0.2, 0.25) is 0 Å². The number of amides is 1. The van der Waals surface area contributed by atoms with E-state index in [0.29, 0.717) is 18.9 Å². The number of alkyl carbamates (subject to hydrolysis) is 1. The Hall–Kier alpha value is -1.79. The van der Waals surface area contributed by atoms with Crippen LogP contribution in [0.1, 0.15) is 66.2 Å². The van der Waals surface area contributed by atoms with Crippen molar-refractivity contribution in [3.05, 3.63) is 0 Å². The smallest absolute Gasteiger partial charge is 0.410 e. The second-order valence-corrected chi connectivity index (χ2v) is 6.24. The zero-order valence-corrected chi connectivity index (χ0v) is 15.2. The summed E-state index contributed by atoms with van der Waals surface area (Å²) in [6.07, 6.45) is 5.27. The molecule has 1 atom stereocenters. The molecule has 0 bridgehead atoms. The number of hydrogen-bond donors (Lipinski definition) is 2. The minimum absolute atomic E-state index is 0.224. The van der Waals surface area contributed by atoms with Crippen molar-refractivity contribution < 1.29 is 29.0 Å². The van der Waals surface area contributed by atoms with Crippen LogP contribution in [0.5, 0.6) is 0 Å². The summed E-state index contributed by atoms with van der Waals surface area (Å²) in [5.41, 5.74) is 0. The third-order valence-electron chi connectivity index (χ3n) is 3.55. The van der Waals surface area contributed by atoms with E-state index in [2.05, 4.69) is 5.32 Å².